The molecule has 2 aliphatic rings. The summed E-state index contributed by atoms with van der Waals surface area (Å²) < 4.78 is 41.3. The van der Waals surface area contributed by atoms with Crippen molar-refractivity contribution in [2.24, 2.45) is 10.1 Å². The number of nitrogens with one attached hydrogen (secondary N) is 1. The third-order valence-electron chi connectivity index (χ3n) is 5.45. The second kappa shape index (κ2) is 7.73. The molecule has 3 heterocycles. The molecule has 1 N–H and O–H groups in total. The van der Waals surface area contributed by atoms with Gasteiger partial charge in [-0.15, -0.1) is 0 Å². The number of rotatable bonds is 3. The number of hydrogen-bond donors (Lipinski definition) is 1. The number of amidine groups is 2. The third kappa shape index (κ3) is 3.66. The average Bonchev–Trinajstić information content (AvgIpc) is 3.33. The highest BCUT2D eigenvalue weighted by Gasteiger charge is 2.46. The van der Waals surface area contributed by atoms with Crippen LogP contribution in [-0.4, -0.2) is 37.7 Å². The number of carbonyl (C=O) groups is 1. The summed E-state index contributed by atoms with van der Waals surface area (Å²) in [5, 5.41) is 12.0. The van der Waals surface area contributed by atoms with Crippen molar-refractivity contribution in [1.82, 2.24) is 9.58 Å². The van der Waals surface area contributed by atoms with Gasteiger partial charge in [-0.1, -0.05) is 48.5 Å². The Morgan fingerprint density at radius 2 is 1.79 bits per heavy atom. The summed E-state index contributed by atoms with van der Waals surface area (Å²) in [6.07, 6.45) is -3.16. The van der Waals surface area contributed by atoms with Crippen LogP contribution in [0.4, 0.5) is 13.2 Å². The summed E-state index contributed by atoms with van der Waals surface area (Å²) in [4.78, 5) is 16.4. The predicted octanol–water partition coefficient (Wildman–Crippen LogP) is 5.18. The number of aromatic nitrogens is 1. The molecule has 2 aromatic carbocycles. The quantitative estimate of drug-likeness (QED) is 0.540. The summed E-state index contributed by atoms with van der Waals surface area (Å²) in [6.45, 7) is 2.51. The number of thioether (sulfide) groups is 1. The van der Waals surface area contributed by atoms with E-state index in [0.29, 0.717) is 12.1 Å². The molecule has 0 radical (unpaired) electrons. The number of hydrazone groups is 1. The molecule has 0 aliphatic carbocycles. The lowest BCUT2D eigenvalue weighted by Gasteiger charge is -2.20. The molecular weight excluding hydrogens is 451 g/mol. The number of carbonyl (C=O) groups excluding carboxylic acids is 1. The fourth-order valence-electron chi connectivity index (χ4n) is 3.86. The van der Waals surface area contributed by atoms with Crippen LogP contribution < -0.4 is 0 Å². The van der Waals surface area contributed by atoms with Crippen LogP contribution in [0.3, 0.4) is 0 Å². The summed E-state index contributed by atoms with van der Waals surface area (Å²) in [5.74, 6) is -1.20. The standard InChI is InChI=1S/C23H16F3N5OS/c1-13-16(15-9-5-6-10-18(15)30(13)12-14-7-3-2-4-8-14)11-17-19(27)31-22(28-20(17)32)33-21(29-31)23(24,25)26/h2-11,27H,12H2,1H3/b17-11-,27-19?. The smallest absolute Gasteiger partial charge is 0.340 e. The number of benzene rings is 2. The molecule has 1 amide bonds. The molecule has 0 unspecified atom stereocenters. The van der Waals surface area contributed by atoms with Crippen molar-refractivity contribution in [3.05, 3.63) is 77.0 Å². The maximum Gasteiger partial charge on any atom is 0.441 e. The minimum Gasteiger partial charge on any atom is -0.340 e. The number of fused-ring (bicyclic) bond motifs is 2. The van der Waals surface area contributed by atoms with E-state index in [1.54, 1.807) is 0 Å². The normalized spacial score (nSPS) is 17.6. The molecule has 0 saturated carbocycles. The fourth-order valence-corrected chi connectivity index (χ4v) is 4.62. The van der Waals surface area contributed by atoms with E-state index >= 15 is 0 Å². The number of aliphatic imine (C=N–C) groups is 1. The van der Waals surface area contributed by atoms with Gasteiger partial charge in [0.1, 0.15) is 0 Å². The molecule has 0 fully saturated rings. The van der Waals surface area contributed by atoms with Gasteiger partial charge in [0, 0.05) is 28.7 Å². The Morgan fingerprint density at radius 1 is 1.09 bits per heavy atom. The van der Waals surface area contributed by atoms with Gasteiger partial charge in [0.15, 0.2) is 5.84 Å². The fraction of sp³-hybridized carbons (Fsp3) is 0.130. The molecular formula is C23H16F3N5OS. The van der Waals surface area contributed by atoms with Crippen LogP contribution in [0.15, 0.2) is 70.3 Å². The molecule has 166 valence electrons. The van der Waals surface area contributed by atoms with E-state index in [1.807, 2.05) is 61.5 Å². The van der Waals surface area contributed by atoms with E-state index in [1.165, 1.54) is 6.08 Å². The minimum absolute atomic E-state index is 0.114. The summed E-state index contributed by atoms with van der Waals surface area (Å²) in [6, 6.07) is 17.6. The van der Waals surface area contributed by atoms with Crippen molar-refractivity contribution in [2.75, 3.05) is 0 Å². The molecule has 0 atom stereocenters. The van der Waals surface area contributed by atoms with Crippen molar-refractivity contribution in [3.63, 3.8) is 0 Å². The Kier molecular flexibility index (Phi) is 4.97. The van der Waals surface area contributed by atoms with Crippen LogP contribution in [0.5, 0.6) is 0 Å². The van der Waals surface area contributed by atoms with Gasteiger partial charge in [-0.05, 0) is 36.4 Å². The Labute approximate surface area is 190 Å². The zero-order valence-electron chi connectivity index (χ0n) is 17.2. The molecule has 1 aromatic heterocycles. The second-order valence-electron chi connectivity index (χ2n) is 7.51. The second-order valence-corrected chi connectivity index (χ2v) is 8.47. The summed E-state index contributed by atoms with van der Waals surface area (Å²) in [7, 11) is 0. The summed E-state index contributed by atoms with van der Waals surface area (Å²) >= 11 is 0.236. The van der Waals surface area contributed by atoms with Crippen LogP contribution in [0.25, 0.3) is 17.0 Å². The van der Waals surface area contributed by atoms with E-state index in [-0.39, 0.29) is 22.5 Å². The van der Waals surface area contributed by atoms with Crippen LogP contribution in [-0.2, 0) is 11.3 Å². The molecule has 33 heavy (non-hydrogen) atoms. The molecule has 10 heteroatoms. The van der Waals surface area contributed by atoms with E-state index in [0.717, 1.165) is 27.2 Å². The minimum atomic E-state index is -4.68. The first kappa shape index (κ1) is 21.2. The molecule has 0 spiro atoms. The lowest BCUT2D eigenvalue weighted by Crippen LogP contribution is -2.35. The number of amides is 1. The van der Waals surface area contributed by atoms with Crippen LogP contribution in [0.1, 0.15) is 16.8 Å². The maximum absolute atomic E-state index is 13.1. The van der Waals surface area contributed by atoms with Gasteiger partial charge in [0.05, 0.1) is 5.57 Å². The predicted molar refractivity (Wildman–Crippen MR) is 123 cm³/mol. The molecule has 2 aliphatic heterocycles. The van der Waals surface area contributed by atoms with Crippen LogP contribution >= 0.6 is 11.8 Å². The van der Waals surface area contributed by atoms with Crippen molar-refractivity contribution < 1.29 is 18.0 Å². The third-order valence-corrected chi connectivity index (χ3v) is 6.40. The zero-order chi connectivity index (χ0) is 23.3. The number of para-hydroxylation sites is 1. The topological polar surface area (TPSA) is 73.8 Å². The Bertz CT molecular complexity index is 1400. The van der Waals surface area contributed by atoms with Crippen molar-refractivity contribution >= 4 is 50.7 Å². The average molecular weight is 467 g/mol. The van der Waals surface area contributed by atoms with E-state index < -0.39 is 23.0 Å². The molecule has 5 rings (SSSR count). The van der Waals surface area contributed by atoms with E-state index in [2.05, 4.69) is 14.7 Å². The number of hydrogen-bond acceptors (Lipinski definition) is 4. The Hall–Kier alpha value is -3.66. The van der Waals surface area contributed by atoms with Gasteiger partial charge in [0.25, 0.3) is 5.91 Å². The SMILES string of the molecule is Cc1c(/C=C2/C(=N)N3N=C(C(F)(F)F)SC3=NC2=O)c2ccccc2n1Cc1ccccc1. The highest BCUT2D eigenvalue weighted by molar-refractivity contribution is 8.27. The van der Waals surface area contributed by atoms with Crippen molar-refractivity contribution in [1.29, 1.82) is 5.41 Å². The van der Waals surface area contributed by atoms with E-state index in [4.69, 9.17) is 5.41 Å². The molecule has 0 saturated heterocycles. The lowest BCUT2D eigenvalue weighted by molar-refractivity contribution is -0.114. The summed E-state index contributed by atoms with van der Waals surface area (Å²) in [5.41, 5.74) is 3.49. The van der Waals surface area contributed by atoms with Crippen LogP contribution in [0.2, 0.25) is 0 Å². The van der Waals surface area contributed by atoms with Gasteiger partial charge in [-0.3, -0.25) is 10.2 Å². The van der Waals surface area contributed by atoms with Gasteiger partial charge < -0.3 is 4.57 Å². The highest BCUT2D eigenvalue weighted by Crippen LogP contribution is 2.36. The van der Waals surface area contributed by atoms with Gasteiger partial charge in [0.2, 0.25) is 10.2 Å². The Morgan fingerprint density at radius 3 is 2.52 bits per heavy atom. The van der Waals surface area contributed by atoms with Gasteiger partial charge in [-0.25, -0.2) is 0 Å². The number of alkyl halides is 3. The first-order valence-electron chi connectivity index (χ1n) is 9.93. The zero-order valence-corrected chi connectivity index (χ0v) is 18.0. The Balaban J connectivity index is 1.60. The monoisotopic (exact) mass is 467 g/mol. The highest BCUT2D eigenvalue weighted by atomic mass is 32.2. The first-order valence-corrected chi connectivity index (χ1v) is 10.7. The largest absolute Gasteiger partial charge is 0.441 e. The van der Waals surface area contributed by atoms with Gasteiger partial charge in [-0.2, -0.15) is 28.3 Å². The van der Waals surface area contributed by atoms with E-state index in [9.17, 15) is 18.0 Å². The molecule has 3 aromatic rings. The maximum atomic E-state index is 13.1. The molecule has 6 nitrogen and oxygen atoms in total. The van der Waals surface area contributed by atoms with Gasteiger partial charge >= 0.3 is 6.18 Å². The van der Waals surface area contributed by atoms with Crippen molar-refractivity contribution in [2.45, 2.75) is 19.6 Å². The lowest BCUT2D eigenvalue weighted by atomic mass is 10.1. The number of halogens is 3. The first-order chi connectivity index (χ1) is 15.7. The van der Waals surface area contributed by atoms with Crippen LogP contribution in [0, 0.1) is 12.3 Å². The molecule has 0 bridgehead atoms. The van der Waals surface area contributed by atoms with Crippen molar-refractivity contribution in [3.8, 4) is 0 Å². The number of nitrogens with zero attached hydrogens (tertiary/aromatic N) is 4.